The molecule has 4 heterocycles. The molecule has 0 saturated heterocycles. The lowest BCUT2D eigenvalue weighted by molar-refractivity contribution is 0.736. The van der Waals surface area contributed by atoms with Gasteiger partial charge in [-0.05, 0) is 89.5 Å². The molecule has 0 bridgehead atoms. The zero-order chi connectivity index (χ0) is 67.0. The Kier molecular flexibility index (Phi) is 187. The van der Waals surface area contributed by atoms with Crippen LogP contribution in [0.4, 0.5) is 0 Å². The highest BCUT2D eigenvalue weighted by Crippen LogP contribution is 1.85. The molecule has 7 heteroatoms. The number of aromatic nitrogens is 7. The molecule has 0 spiro atoms. The summed E-state index contributed by atoms with van der Waals surface area (Å²) in [6, 6.07) is 23.1. The molecular formula is C73H153N7. The predicted octanol–water partition coefficient (Wildman–Crippen LogP) is 26.0. The number of pyridine rings is 1. The Bertz CT molecular complexity index is 909. The van der Waals surface area contributed by atoms with Gasteiger partial charge in [0.05, 0.1) is 0 Å². The van der Waals surface area contributed by atoms with Gasteiger partial charge in [-0.2, -0.15) is 10.2 Å². The average Bonchev–Trinajstić information content (AvgIpc) is 3.39. The Hall–Kier alpha value is -4.39. The van der Waals surface area contributed by atoms with Crippen molar-refractivity contribution in [3.8, 4) is 0 Å². The van der Waals surface area contributed by atoms with Crippen LogP contribution in [0.1, 0.15) is 277 Å². The smallest absolute Gasteiger partial charge is 0.115 e. The van der Waals surface area contributed by atoms with Crippen molar-refractivity contribution in [2.75, 3.05) is 0 Å². The van der Waals surface area contributed by atoms with Gasteiger partial charge < -0.3 is 0 Å². The van der Waals surface area contributed by atoms with Crippen LogP contribution in [0.5, 0.6) is 0 Å². The SMILES string of the molecule is CC.CC.CC.CC.CC.CC(C)C.CC(C)C.CC(C)C.CC(C)C.CC(C)C.CC(C)C.CC(C)C.CC(C)C.CC(C)C.CC(C)C.c1ccccc1.c1ccncc1.c1ccnnc1.c1cnccn1.c1cncnc1. The van der Waals surface area contributed by atoms with E-state index in [0.29, 0.717) is 0 Å². The van der Waals surface area contributed by atoms with Gasteiger partial charge in [0.2, 0.25) is 0 Å². The molecule has 0 aliphatic heterocycles. The third kappa shape index (κ3) is 592. The minimum atomic E-state index is 0.833. The molecule has 0 aliphatic carbocycles. The van der Waals surface area contributed by atoms with E-state index in [1.807, 2.05) is 136 Å². The number of rotatable bonds is 0. The van der Waals surface area contributed by atoms with E-state index >= 15 is 0 Å². The fourth-order valence-electron chi connectivity index (χ4n) is 1.46. The topological polar surface area (TPSA) is 90.2 Å². The lowest BCUT2D eigenvalue weighted by Gasteiger charge is -1.79. The third-order valence-electron chi connectivity index (χ3n) is 2.67. The highest BCUT2D eigenvalue weighted by Gasteiger charge is 1.72. The Labute approximate surface area is 510 Å². The summed E-state index contributed by atoms with van der Waals surface area (Å²) in [6.45, 7) is 85.0. The molecule has 480 valence electrons. The van der Waals surface area contributed by atoms with Crippen LogP contribution < -0.4 is 0 Å². The first-order valence-electron chi connectivity index (χ1n) is 31.3. The molecule has 4 aromatic heterocycles. The van der Waals surface area contributed by atoms with Crippen LogP contribution in [0.3, 0.4) is 0 Å². The Morgan fingerprint density at radius 2 is 0.275 bits per heavy atom. The highest BCUT2D eigenvalue weighted by molar-refractivity contribution is 4.99. The Morgan fingerprint density at radius 3 is 0.338 bits per heavy atom. The van der Waals surface area contributed by atoms with Crippen molar-refractivity contribution < 1.29 is 0 Å². The van der Waals surface area contributed by atoms with Crippen molar-refractivity contribution in [2.24, 2.45) is 59.2 Å². The van der Waals surface area contributed by atoms with E-state index in [4.69, 9.17) is 0 Å². The van der Waals surface area contributed by atoms with Gasteiger partial charge in [0.25, 0.3) is 0 Å². The summed E-state index contributed by atoms with van der Waals surface area (Å²) < 4.78 is 0. The summed E-state index contributed by atoms with van der Waals surface area (Å²) in [6.07, 6.45) is 18.2. The Balaban J connectivity index is -0.0000000432. The van der Waals surface area contributed by atoms with Crippen molar-refractivity contribution in [1.82, 2.24) is 35.1 Å². The number of benzene rings is 1. The first-order chi connectivity index (χ1) is 37.3. The summed E-state index contributed by atoms with van der Waals surface area (Å²) in [5.74, 6) is 8.33. The van der Waals surface area contributed by atoms with Gasteiger partial charge >= 0.3 is 0 Å². The van der Waals surface area contributed by atoms with Crippen LogP contribution in [0.25, 0.3) is 0 Å². The molecule has 5 aromatic rings. The molecule has 0 radical (unpaired) electrons. The maximum Gasteiger partial charge on any atom is 0.115 e. The molecule has 0 saturated carbocycles. The summed E-state index contributed by atoms with van der Waals surface area (Å²) in [4.78, 5) is 18.6. The molecule has 5 rings (SSSR count). The normalized spacial score (nSPS) is 7.88. The van der Waals surface area contributed by atoms with Crippen LogP contribution in [0.15, 0.2) is 141 Å². The van der Waals surface area contributed by atoms with Gasteiger partial charge in [-0.25, -0.2) is 9.97 Å². The fraction of sp³-hybridized carbons (Fsp3) is 0.685. The van der Waals surface area contributed by atoms with Crippen LogP contribution in [-0.4, -0.2) is 35.1 Å². The van der Waals surface area contributed by atoms with Crippen molar-refractivity contribution in [1.29, 1.82) is 0 Å². The fourth-order valence-corrected chi connectivity index (χ4v) is 1.46. The van der Waals surface area contributed by atoms with E-state index in [1.165, 1.54) is 6.33 Å². The van der Waals surface area contributed by atoms with Gasteiger partial charge in [-0.15, -0.1) is 0 Å². The maximum absolute atomic E-state index is 3.78. The molecule has 80 heavy (non-hydrogen) atoms. The van der Waals surface area contributed by atoms with Crippen molar-refractivity contribution in [2.45, 2.75) is 277 Å². The van der Waals surface area contributed by atoms with Crippen LogP contribution in [0.2, 0.25) is 0 Å². The standard InChI is InChI=1S/C6H6.C5H5N.3C4H4N2.10C4H10.5C2H6/c2*1-2-4-6-5-3-1;1-2-6-4-3-5-1;1-2-5-4-6-3-1;1-2-4-6-5-3-1;10*1-4(2)3;5*1-2/h1-6H;1-5H;3*1-4H;10*4H,1-3H3;5*1-2H3. The van der Waals surface area contributed by atoms with Crippen molar-refractivity contribution >= 4 is 0 Å². The van der Waals surface area contributed by atoms with Crippen molar-refractivity contribution in [3.05, 3.63) is 141 Å². The molecule has 0 amide bonds. The molecular weight excluding hydrogens is 975 g/mol. The number of nitrogens with zero attached hydrogens (tertiary/aromatic N) is 7. The summed E-state index contributed by atoms with van der Waals surface area (Å²) >= 11 is 0. The van der Waals surface area contributed by atoms with Gasteiger partial charge in [-0.1, -0.05) is 319 Å². The second-order valence-corrected chi connectivity index (χ2v) is 22.2. The van der Waals surface area contributed by atoms with Gasteiger partial charge in [0, 0.05) is 62.0 Å². The zero-order valence-corrected chi connectivity index (χ0v) is 62.2. The molecule has 0 N–H and O–H groups in total. The minimum absolute atomic E-state index is 0.833. The van der Waals surface area contributed by atoms with E-state index in [9.17, 15) is 0 Å². The van der Waals surface area contributed by atoms with Crippen LogP contribution in [-0.2, 0) is 0 Å². The average molecular weight is 1130 g/mol. The lowest BCUT2D eigenvalue weighted by Crippen LogP contribution is -1.69. The first kappa shape index (κ1) is 115. The molecule has 0 aliphatic rings. The van der Waals surface area contributed by atoms with Gasteiger partial charge in [-0.3, -0.25) is 15.0 Å². The minimum Gasteiger partial charge on any atom is -0.265 e. The van der Waals surface area contributed by atoms with E-state index in [2.05, 4.69) is 243 Å². The first-order valence-corrected chi connectivity index (χ1v) is 31.3. The molecule has 0 fully saturated rings. The van der Waals surface area contributed by atoms with E-state index in [1.54, 1.807) is 68.0 Å². The summed E-state index contributed by atoms with van der Waals surface area (Å²) in [5.41, 5.74) is 0. The molecule has 7 nitrogen and oxygen atoms in total. The second kappa shape index (κ2) is 131. The quantitative estimate of drug-likeness (QED) is 0.153. The van der Waals surface area contributed by atoms with Crippen LogP contribution >= 0.6 is 0 Å². The van der Waals surface area contributed by atoms with E-state index in [-0.39, 0.29) is 0 Å². The maximum atomic E-state index is 3.78. The zero-order valence-electron chi connectivity index (χ0n) is 62.2. The van der Waals surface area contributed by atoms with E-state index in [0.717, 1.165) is 59.2 Å². The second-order valence-electron chi connectivity index (χ2n) is 22.2. The Morgan fingerprint density at radius 1 is 0.150 bits per heavy atom. The molecule has 1 aromatic carbocycles. The largest absolute Gasteiger partial charge is 0.265 e. The summed E-state index contributed by atoms with van der Waals surface area (Å²) in [7, 11) is 0. The van der Waals surface area contributed by atoms with Gasteiger partial charge in [0.15, 0.2) is 0 Å². The van der Waals surface area contributed by atoms with Gasteiger partial charge in [0.1, 0.15) is 6.33 Å². The monoisotopic (exact) mass is 1130 g/mol. The van der Waals surface area contributed by atoms with E-state index < -0.39 is 0 Å². The lowest BCUT2D eigenvalue weighted by atomic mass is 10.3. The third-order valence-corrected chi connectivity index (χ3v) is 2.67. The van der Waals surface area contributed by atoms with Crippen LogP contribution in [0, 0.1) is 59.2 Å². The number of hydrogen-bond acceptors (Lipinski definition) is 7. The van der Waals surface area contributed by atoms with Crippen molar-refractivity contribution in [3.63, 3.8) is 0 Å². The molecule has 0 unspecified atom stereocenters. The molecule has 0 atom stereocenters. The predicted molar refractivity (Wildman–Crippen MR) is 379 cm³/mol. The number of hydrogen-bond donors (Lipinski definition) is 0. The highest BCUT2D eigenvalue weighted by atomic mass is 15.1. The summed E-state index contributed by atoms with van der Waals surface area (Å²) in [5, 5.41) is 7.07.